The summed E-state index contributed by atoms with van der Waals surface area (Å²) in [6.07, 6.45) is -0.542. The molecule has 2 aromatic carbocycles. The van der Waals surface area contributed by atoms with Gasteiger partial charge >= 0.3 is 0 Å². The first-order chi connectivity index (χ1) is 9.45. The molecule has 0 aliphatic rings. The van der Waals surface area contributed by atoms with Gasteiger partial charge in [-0.25, -0.2) is 8.78 Å². The van der Waals surface area contributed by atoms with E-state index in [1.54, 1.807) is 19.1 Å². The number of aliphatic hydroxyl groups excluding tert-OH is 1. The third kappa shape index (κ3) is 3.54. The number of hydrogen-bond acceptors (Lipinski definition) is 2. The first kappa shape index (κ1) is 14.5. The summed E-state index contributed by atoms with van der Waals surface area (Å²) in [4.78, 5) is 0. The Morgan fingerprint density at radius 2 is 1.75 bits per heavy atom. The molecule has 1 unspecified atom stereocenters. The SMILES string of the molecule is Cc1cc(C(C)O)ccc1OCc1cc(F)cc(F)c1. The van der Waals surface area contributed by atoms with E-state index >= 15 is 0 Å². The molecular formula is C16H16F2O2. The van der Waals surface area contributed by atoms with Gasteiger partial charge in [0.05, 0.1) is 6.10 Å². The summed E-state index contributed by atoms with van der Waals surface area (Å²) in [6, 6.07) is 8.63. The predicted molar refractivity (Wildman–Crippen MR) is 72.5 cm³/mol. The lowest BCUT2D eigenvalue weighted by Crippen LogP contribution is -2.00. The Labute approximate surface area is 116 Å². The van der Waals surface area contributed by atoms with Crippen LogP contribution in [0.3, 0.4) is 0 Å². The molecule has 0 aliphatic carbocycles. The number of benzene rings is 2. The van der Waals surface area contributed by atoms with Crippen LogP contribution in [0.1, 0.15) is 29.7 Å². The number of ether oxygens (including phenoxy) is 1. The highest BCUT2D eigenvalue weighted by atomic mass is 19.1. The van der Waals surface area contributed by atoms with Crippen LogP contribution < -0.4 is 4.74 Å². The molecule has 0 heterocycles. The van der Waals surface area contributed by atoms with E-state index in [-0.39, 0.29) is 6.61 Å². The first-order valence-electron chi connectivity index (χ1n) is 6.32. The van der Waals surface area contributed by atoms with E-state index in [0.29, 0.717) is 11.3 Å². The summed E-state index contributed by atoms with van der Waals surface area (Å²) in [5.74, 6) is -0.617. The van der Waals surface area contributed by atoms with Gasteiger partial charge in [0, 0.05) is 6.07 Å². The minimum atomic E-state index is -0.621. The second-order valence-corrected chi connectivity index (χ2v) is 4.77. The van der Waals surface area contributed by atoms with Crippen molar-refractivity contribution in [2.45, 2.75) is 26.6 Å². The molecule has 0 saturated heterocycles. The van der Waals surface area contributed by atoms with Gasteiger partial charge in [-0.1, -0.05) is 6.07 Å². The van der Waals surface area contributed by atoms with Crippen LogP contribution in [0.25, 0.3) is 0 Å². The summed E-state index contributed by atoms with van der Waals surface area (Å²) in [5.41, 5.74) is 2.09. The maximum atomic E-state index is 13.1. The molecule has 0 saturated carbocycles. The summed E-state index contributed by atoms with van der Waals surface area (Å²) >= 11 is 0. The van der Waals surface area contributed by atoms with E-state index < -0.39 is 17.7 Å². The average Bonchev–Trinajstić information content (AvgIpc) is 2.36. The topological polar surface area (TPSA) is 29.5 Å². The molecule has 106 valence electrons. The summed E-state index contributed by atoms with van der Waals surface area (Å²) < 4.78 is 31.7. The van der Waals surface area contributed by atoms with Crippen LogP contribution in [-0.4, -0.2) is 5.11 Å². The second kappa shape index (κ2) is 6.01. The zero-order chi connectivity index (χ0) is 14.7. The number of aliphatic hydroxyl groups is 1. The molecular weight excluding hydrogens is 262 g/mol. The fraction of sp³-hybridized carbons (Fsp3) is 0.250. The Morgan fingerprint density at radius 1 is 1.10 bits per heavy atom. The maximum absolute atomic E-state index is 13.1. The van der Waals surface area contributed by atoms with Gasteiger partial charge in [0.25, 0.3) is 0 Å². The molecule has 20 heavy (non-hydrogen) atoms. The Bertz CT molecular complexity index is 589. The van der Waals surface area contributed by atoms with E-state index in [0.717, 1.165) is 17.2 Å². The highest BCUT2D eigenvalue weighted by molar-refractivity contribution is 5.37. The largest absolute Gasteiger partial charge is 0.489 e. The molecule has 4 heteroatoms. The van der Waals surface area contributed by atoms with Gasteiger partial charge in [-0.2, -0.15) is 0 Å². The molecule has 0 amide bonds. The van der Waals surface area contributed by atoms with Crippen molar-refractivity contribution in [3.63, 3.8) is 0 Å². The standard InChI is InChI=1S/C16H16F2O2/c1-10-5-13(11(2)19)3-4-16(10)20-9-12-6-14(17)8-15(18)7-12/h3-8,11,19H,9H2,1-2H3. The normalized spacial score (nSPS) is 12.2. The van der Waals surface area contributed by atoms with Crippen molar-refractivity contribution in [1.82, 2.24) is 0 Å². The van der Waals surface area contributed by atoms with Crippen molar-refractivity contribution in [1.29, 1.82) is 0 Å². The molecule has 0 aliphatic heterocycles. The van der Waals surface area contributed by atoms with Crippen molar-refractivity contribution < 1.29 is 18.6 Å². The van der Waals surface area contributed by atoms with Gasteiger partial charge in [0.1, 0.15) is 24.0 Å². The summed E-state index contributed by atoms with van der Waals surface area (Å²) in [6.45, 7) is 3.63. The van der Waals surface area contributed by atoms with E-state index in [9.17, 15) is 13.9 Å². The molecule has 0 spiro atoms. The highest BCUT2D eigenvalue weighted by Gasteiger charge is 2.06. The Hall–Kier alpha value is -1.94. The van der Waals surface area contributed by atoms with Gasteiger partial charge in [-0.3, -0.25) is 0 Å². The van der Waals surface area contributed by atoms with Gasteiger partial charge < -0.3 is 9.84 Å². The quantitative estimate of drug-likeness (QED) is 0.919. The summed E-state index contributed by atoms with van der Waals surface area (Å²) in [5, 5.41) is 9.48. The molecule has 0 bridgehead atoms. The summed E-state index contributed by atoms with van der Waals surface area (Å²) in [7, 11) is 0. The van der Waals surface area contributed by atoms with E-state index in [1.807, 2.05) is 13.0 Å². The van der Waals surface area contributed by atoms with Crippen LogP contribution in [0, 0.1) is 18.6 Å². The minimum absolute atomic E-state index is 0.0869. The lowest BCUT2D eigenvalue weighted by Gasteiger charge is -2.12. The van der Waals surface area contributed by atoms with Gasteiger partial charge in [0.2, 0.25) is 0 Å². The molecule has 2 nitrogen and oxygen atoms in total. The monoisotopic (exact) mass is 278 g/mol. The van der Waals surface area contributed by atoms with Crippen molar-refractivity contribution in [3.05, 3.63) is 64.7 Å². The van der Waals surface area contributed by atoms with Gasteiger partial charge in [-0.15, -0.1) is 0 Å². The van der Waals surface area contributed by atoms with E-state index in [4.69, 9.17) is 4.74 Å². The Balaban J connectivity index is 2.11. The molecule has 1 N–H and O–H groups in total. The Kier molecular flexibility index (Phi) is 4.35. The number of halogens is 2. The second-order valence-electron chi connectivity index (χ2n) is 4.77. The predicted octanol–water partition coefficient (Wildman–Crippen LogP) is 3.91. The van der Waals surface area contributed by atoms with Crippen LogP contribution in [0.2, 0.25) is 0 Å². The minimum Gasteiger partial charge on any atom is -0.489 e. The molecule has 1 atom stereocenters. The molecule has 0 aromatic heterocycles. The van der Waals surface area contributed by atoms with Crippen LogP contribution in [0.15, 0.2) is 36.4 Å². The smallest absolute Gasteiger partial charge is 0.126 e. The van der Waals surface area contributed by atoms with Crippen LogP contribution in [-0.2, 0) is 6.61 Å². The van der Waals surface area contributed by atoms with Crippen molar-refractivity contribution in [2.24, 2.45) is 0 Å². The zero-order valence-electron chi connectivity index (χ0n) is 11.4. The maximum Gasteiger partial charge on any atom is 0.126 e. The highest BCUT2D eigenvalue weighted by Crippen LogP contribution is 2.23. The number of rotatable bonds is 4. The third-order valence-corrected chi connectivity index (χ3v) is 3.00. The number of hydrogen-bond donors (Lipinski definition) is 1. The lowest BCUT2D eigenvalue weighted by atomic mass is 10.1. The van der Waals surface area contributed by atoms with E-state index in [1.165, 1.54) is 12.1 Å². The fourth-order valence-electron chi connectivity index (χ4n) is 1.95. The Morgan fingerprint density at radius 3 is 2.30 bits per heavy atom. The van der Waals surface area contributed by atoms with Crippen molar-refractivity contribution >= 4 is 0 Å². The molecule has 0 radical (unpaired) electrons. The molecule has 2 aromatic rings. The lowest BCUT2D eigenvalue weighted by molar-refractivity contribution is 0.199. The van der Waals surface area contributed by atoms with E-state index in [2.05, 4.69) is 0 Å². The molecule has 2 rings (SSSR count). The van der Waals surface area contributed by atoms with Crippen LogP contribution in [0.4, 0.5) is 8.78 Å². The fourth-order valence-corrected chi connectivity index (χ4v) is 1.95. The van der Waals surface area contributed by atoms with Crippen LogP contribution in [0.5, 0.6) is 5.75 Å². The molecule has 0 fully saturated rings. The zero-order valence-corrected chi connectivity index (χ0v) is 11.4. The first-order valence-corrected chi connectivity index (χ1v) is 6.32. The van der Waals surface area contributed by atoms with Crippen LogP contribution >= 0.6 is 0 Å². The van der Waals surface area contributed by atoms with Crippen molar-refractivity contribution in [3.8, 4) is 5.75 Å². The van der Waals surface area contributed by atoms with Gasteiger partial charge in [0.15, 0.2) is 0 Å². The average molecular weight is 278 g/mol. The number of aryl methyl sites for hydroxylation is 1. The van der Waals surface area contributed by atoms with Gasteiger partial charge in [-0.05, 0) is 54.8 Å². The van der Waals surface area contributed by atoms with Crippen molar-refractivity contribution in [2.75, 3.05) is 0 Å². The third-order valence-electron chi connectivity index (χ3n) is 3.00.